The van der Waals surface area contributed by atoms with E-state index in [2.05, 4.69) is 60.3 Å². The van der Waals surface area contributed by atoms with Gasteiger partial charge in [0.05, 0.1) is 13.7 Å². The Kier molecular flexibility index (Phi) is 6.54. The Morgan fingerprint density at radius 1 is 1.11 bits per heavy atom. The van der Waals surface area contributed by atoms with Crippen LogP contribution in [0.4, 0.5) is 0 Å². The number of carbonyl (C=O) groups is 1. The molecule has 0 radical (unpaired) electrons. The number of likely N-dealkylation sites (tertiary alicyclic amines) is 1. The van der Waals surface area contributed by atoms with Crippen molar-refractivity contribution in [2.24, 2.45) is 0 Å². The van der Waals surface area contributed by atoms with Gasteiger partial charge in [0.2, 0.25) is 0 Å². The zero-order valence-electron chi connectivity index (χ0n) is 21.7. The Hall–Kier alpha value is -4.01. The summed E-state index contributed by atoms with van der Waals surface area (Å²) in [6.07, 6.45) is 1.42. The van der Waals surface area contributed by atoms with E-state index in [-0.39, 0.29) is 28.3 Å². The fourth-order valence-electron chi connectivity index (χ4n) is 4.76. The summed E-state index contributed by atoms with van der Waals surface area (Å²) in [4.78, 5) is 35.3. The van der Waals surface area contributed by atoms with Crippen LogP contribution in [0, 0.1) is 0 Å². The molecule has 2 aromatic carbocycles. The first kappa shape index (κ1) is 24.7. The average Bonchev–Trinajstić information content (AvgIpc) is 3.31. The van der Waals surface area contributed by atoms with Crippen LogP contribution in [0.15, 0.2) is 53.3 Å². The number of piperidine rings is 1. The number of methoxy groups -OCH3 is 1. The Bertz CT molecular complexity index is 1470. The van der Waals surface area contributed by atoms with E-state index in [0.29, 0.717) is 55.3 Å². The molecule has 37 heavy (non-hydrogen) atoms. The highest BCUT2D eigenvalue weighted by atomic mass is 16.5. The van der Waals surface area contributed by atoms with E-state index in [1.54, 1.807) is 23.9 Å². The molecule has 0 saturated carbocycles. The largest absolute Gasteiger partial charge is 0.497 e. The van der Waals surface area contributed by atoms with Crippen molar-refractivity contribution >= 4 is 17.1 Å². The SMILES string of the molecule is COc1cccc(C(=O)N2CCC(c3nc4c(nnn4Cc4ccc(C(C)(C)C)cc4)c(=O)[nH]3)CC2)c1. The summed E-state index contributed by atoms with van der Waals surface area (Å²) in [5, 5.41) is 8.30. The molecule has 9 nitrogen and oxygen atoms in total. The Morgan fingerprint density at radius 2 is 1.84 bits per heavy atom. The second-order valence-corrected chi connectivity index (χ2v) is 10.6. The van der Waals surface area contributed by atoms with Gasteiger partial charge >= 0.3 is 0 Å². The first-order valence-corrected chi connectivity index (χ1v) is 12.6. The van der Waals surface area contributed by atoms with Crippen molar-refractivity contribution in [3.63, 3.8) is 0 Å². The van der Waals surface area contributed by atoms with E-state index in [9.17, 15) is 9.59 Å². The van der Waals surface area contributed by atoms with E-state index >= 15 is 0 Å². The molecule has 1 fully saturated rings. The number of rotatable bonds is 5. The number of hydrogen-bond acceptors (Lipinski definition) is 6. The lowest BCUT2D eigenvalue weighted by Gasteiger charge is -2.31. The van der Waals surface area contributed by atoms with Crippen molar-refractivity contribution in [3.8, 4) is 5.75 Å². The molecule has 3 heterocycles. The van der Waals surface area contributed by atoms with Gasteiger partial charge in [0.15, 0.2) is 11.2 Å². The van der Waals surface area contributed by atoms with Gasteiger partial charge in [-0.2, -0.15) is 0 Å². The molecule has 4 aromatic rings. The molecular formula is C28H32N6O3. The number of aromatic nitrogens is 5. The van der Waals surface area contributed by atoms with Crippen LogP contribution in [-0.2, 0) is 12.0 Å². The zero-order valence-corrected chi connectivity index (χ0v) is 21.7. The number of aromatic amines is 1. The molecule has 0 atom stereocenters. The summed E-state index contributed by atoms with van der Waals surface area (Å²) in [5.41, 5.74) is 3.44. The summed E-state index contributed by atoms with van der Waals surface area (Å²) in [5.74, 6) is 1.30. The lowest BCUT2D eigenvalue weighted by molar-refractivity contribution is 0.0710. The Labute approximate surface area is 215 Å². The van der Waals surface area contributed by atoms with Gasteiger partial charge in [-0.05, 0) is 47.6 Å². The number of ether oxygens (including phenoxy) is 1. The van der Waals surface area contributed by atoms with E-state index in [1.165, 1.54) is 5.56 Å². The lowest BCUT2D eigenvalue weighted by atomic mass is 9.87. The van der Waals surface area contributed by atoms with E-state index in [1.807, 2.05) is 17.0 Å². The number of nitrogens with one attached hydrogen (secondary N) is 1. The summed E-state index contributed by atoms with van der Waals surface area (Å²) < 4.78 is 6.93. The van der Waals surface area contributed by atoms with Crippen LogP contribution in [-0.4, -0.2) is 56.0 Å². The van der Waals surface area contributed by atoms with Crippen molar-refractivity contribution < 1.29 is 9.53 Å². The van der Waals surface area contributed by atoms with Crippen molar-refractivity contribution in [1.82, 2.24) is 29.9 Å². The second-order valence-electron chi connectivity index (χ2n) is 10.6. The minimum absolute atomic E-state index is 0.0194. The second kappa shape index (κ2) is 9.80. The quantitative estimate of drug-likeness (QED) is 0.446. The standard InChI is InChI=1S/C28H32N6O3/c1-28(2,3)21-10-8-18(9-11-21)17-34-25-23(31-32-34)26(35)30-24(29-25)19-12-14-33(15-13-19)27(36)20-6-5-7-22(16-20)37-4/h5-11,16,19H,12-15,17H2,1-4H3,(H,29,30,35). The average molecular weight is 501 g/mol. The van der Waals surface area contributed by atoms with Crippen molar-refractivity contribution in [3.05, 3.63) is 81.4 Å². The smallest absolute Gasteiger partial charge is 0.281 e. The molecule has 1 aliphatic rings. The number of carbonyl (C=O) groups excluding carboxylic acids is 1. The molecule has 1 saturated heterocycles. The molecule has 1 aliphatic heterocycles. The topological polar surface area (TPSA) is 106 Å². The first-order chi connectivity index (χ1) is 17.7. The highest BCUT2D eigenvalue weighted by molar-refractivity contribution is 5.94. The maximum atomic E-state index is 13.0. The molecule has 9 heteroatoms. The van der Waals surface area contributed by atoms with Crippen LogP contribution >= 0.6 is 0 Å². The third-order valence-electron chi connectivity index (χ3n) is 7.03. The normalized spacial score (nSPS) is 14.8. The fourth-order valence-corrected chi connectivity index (χ4v) is 4.76. The van der Waals surface area contributed by atoms with Gasteiger partial charge < -0.3 is 14.6 Å². The third-order valence-corrected chi connectivity index (χ3v) is 7.03. The molecule has 0 bridgehead atoms. The van der Waals surface area contributed by atoms with Crippen molar-refractivity contribution in [2.75, 3.05) is 20.2 Å². The van der Waals surface area contributed by atoms with E-state index in [0.717, 1.165) is 5.56 Å². The van der Waals surface area contributed by atoms with E-state index < -0.39 is 0 Å². The molecule has 0 unspecified atom stereocenters. The summed E-state index contributed by atoms with van der Waals surface area (Å²) in [6, 6.07) is 15.6. The van der Waals surface area contributed by atoms with Gasteiger partial charge in [-0.1, -0.05) is 56.3 Å². The molecule has 1 N–H and O–H groups in total. The van der Waals surface area contributed by atoms with Crippen LogP contribution in [0.1, 0.15) is 66.8 Å². The zero-order chi connectivity index (χ0) is 26.2. The molecule has 2 aromatic heterocycles. The fraction of sp³-hybridized carbons (Fsp3) is 0.393. The summed E-state index contributed by atoms with van der Waals surface area (Å²) in [7, 11) is 1.59. The molecule has 1 amide bonds. The molecule has 0 spiro atoms. The first-order valence-electron chi connectivity index (χ1n) is 12.6. The van der Waals surface area contributed by atoms with Crippen LogP contribution in [0.5, 0.6) is 5.75 Å². The number of benzene rings is 2. The minimum atomic E-state index is -0.288. The molecule has 5 rings (SSSR count). The predicted molar refractivity (Wildman–Crippen MR) is 141 cm³/mol. The third kappa shape index (κ3) is 5.12. The maximum Gasteiger partial charge on any atom is 0.281 e. The summed E-state index contributed by atoms with van der Waals surface area (Å²) in [6.45, 7) is 8.20. The molecule has 0 aliphatic carbocycles. The highest BCUT2D eigenvalue weighted by Gasteiger charge is 2.27. The van der Waals surface area contributed by atoms with Gasteiger partial charge in [0, 0.05) is 24.6 Å². The van der Waals surface area contributed by atoms with Gasteiger partial charge in [0.1, 0.15) is 11.6 Å². The monoisotopic (exact) mass is 500 g/mol. The Balaban J connectivity index is 1.32. The van der Waals surface area contributed by atoms with Crippen molar-refractivity contribution in [2.45, 2.75) is 51.5 Å². The minimum Gasteiger partial charge on any atom is -0.497 e. The number of amides is 1. The van der Waals surface area contributed by atoms with Gasteiger partial charge in [0.25, 0.3) is 11.5 Å². The Morgan fingerprint density at radius 3 is 2.51 bits per heavy atom. The summed E-state index contributed by atoms with van der Waals surface area (Å²) >= 11 is 0. The number of hydrogen-bond donors (Lipinski definition) is 1. The van der Waals surface area contributed by atoms with Crippen LogP contribution < -0.4 is 10.3 Å². The highest BCUT2D eigenvalue weighted by Crippen LogP contribution is 2.27. The van der Waals surface area contributed by atoms with Crippen LogP contribution in [0.2, 0.25) is 0 Å². The van der Waals surface area contributed by atoms with Crippen LogP contribution in [0.3, 0.4) is 0 Å². The van der Waals surface area contributed by atoms with Gasteiger partial charge in [-0.3, -0.25) is 9.59 Å². The van der Waals surface area contributed by atoms with Gasteiger partial charge in [-0.15, -0.1) is 5.10 Å². The number of fused-ring (bicyclic) bond motifs is 1. The van der Waals surface area contributed by atoms with Gasteiger partial charge in [-0.25, -0.2) is 9.67 Å². The number of nitrogens with zero attached hydrogens (tertiary/aromatic N) is 5. The lowest BCUT2D eigenvalue weighted by Crippen LogP contribution is -2.38. The molecular weight excluding hydrogens is 468 g/mol. The number of H-pyrrole nitrogens is 1. The molecule has 192 valence electrons. The maximum absolute atomic E-state index is 13.0. The van der Waals surface area contributed by atoms with Crippen LogP contribution in [0.25, 0.3) is 11.2 Å². The van der Waals surface area contributed by atoms with Crippen molar-refractivity contribution in [1.29, 1.82) is 0 Å². The van der Waals surface area contributed by atoms with E-state index in [4.69, 9.17) is 9.72 Å². The predicted octanol–water partition coefficient (Wildman–Crippen LogP) is 3.89.